The van der Waals surface area contributed by atoms with Crippen molar-refractivity contribution in [2.75, 3.05) is 6.61 Å². The SMILES string of the molecule is CCOC(=O)/C(=C/c1cccs1)c1ccc(C(N)=NC(C)C)cc1. The maximum Gasteiger partial charge on any atom is 0.338 e. The number of hydrogen-bond donors (Lipinski definition) is 1. The first-order valence-electron chi connectivity index (χ1n) is 7.87. The Morgan fingerprint density at radius 1 is 1.25 bits per heavy atom. The number of esters is 1. The summed E-state index contributed by atoms with van der Waals surface area (Å²) in [4.78, 5) is 17.6. The first kappa shape index (κ1) is 17.9. The maximum absolute atomic E-state index is 12.3. The number of carbonyl (C=O) groups excluding carboxylic acids is 1. The summed E-state index contributed by atoms with van der Waals surface area (Å²) in [5.41, 5.74) is 8.15. The molecule has 24 heavy (non-hydrogen) atoms. The molecule has 0 unspecified atom stereocenters. The lowest BCUT2D eigenvalue weighted by Gasteiger charge is -2.09. The minimum absolute atomic E-state index is 0.137. The Labute approximate surface area is 146 Å². The molecule has 5 heteroatoms. The van der Waals surface area contributed by atoms with Gasteiger partial charge in [0.05, 0.1) is 12.2 Å². The third-order valence-electron chi connectivity index (χ3n) is 3.21. The van der Waals surface area contributed by atoms with Crippen molar-refractivity contribution in [2.45, 2.75) is 26.8 Å². The fourth-order valence-corrected chi connectivity index (χ4v) is 2.82. The molecule has 0 amide bonds. The lowest BCUT2D eigenvalue weighted by Crippen LogP contribution is -2.15. The van der Waals surface area contributed by atoms with Gasteiger partial charge in [0.15, 0.2) is 0 Å². The highest BCUT2D eigenvalue weighted by molar-refractivity contribution is 7.11. The molecule has 2 rings (SSSR count). The molecule has 0 spiro atoms. The fraction of sp³-hybridized carbons (Fsp3) is 0.263. The average Bonchev–Trinajstić information content (AvgIpc) is 3.05. The van der Waals surface area contributed by atoms with Crippen molar-refractivity contribution in [3.05, 3.63) is 57.8 Å². The first-order chi connectivity index (χ1) is 11.5. The number of benzene rings is 1. The highest BCUT2D eigenvalue weighted by Crippen LogP contribution is 2.23. The third-order valence-corrected chi connectivity index (χ3v) is 4.03. The van der Waals surface area contributed by atoms with Gasteiger partial charge in [-0.15, -0.1) is 11.3 Å². The van der Waals surface area contributed by atoms with E-state index in [0.717, 1.165) is 16.0 Å². The molecule has 0 aliphatic rings. The Kier molecular flexibility index (Phi) is 6.32. The quantitative estimate of drug-likeness (QED) is 0.374. The first-order valence-corrected chi connectivity index (χ1v) is 8.75. The Balaban J connectivity index is 2.35. The van der Waals surface area contributed by atoms with Crippen LogP contribution in [0, 0.1) is 0 Å². The summed E-state index contributed by atoms with van der Waals surface area (Å²) < 4.78 is 5.19. The molecule has 0 aliphatic carbocycles. The second-order valence-electron chi connectivity index (χ2n) is 5.48. The maximum atomic E-state index is 12.3. The molecule has 0 saturated heterocycles. The molecule has 0 aliphatic heterocycles. The number of nitrogens with zero attached hydrogens (tertiary/aromatic N) is 1. The van der Waals surface area contributed by atoms with E-state index in [9.17, 15) is 4.79 Å². The van der Waals surface area contributed by atoms with Crippen LogP contribution in [0.2, 0.25) is 0 Å². The van der Waals surface area contributed by atoms with Gasteiger partial charge in [0, 0.05) is 16.5 Å². The molecule has 0 radical (unpaired) electrons. The molecule has 0 bridgehead atoms. The molecular weight excluding hydrogens is 320 g/mol. The summed E-state index contributed by atoms with van der Waals surface area (Å²) in [6.45, 7) is 6.09. The summed E-state index contributed by atoms with van der Waals surface area (Å²) in [5.74, 6) is 0.166. The van der Waals surface area contributed by atoms with Crippen LogP contribution in [0.1, 0.15) is 36.8 Å². The minimum atomic E-state index is -0.331. The van der Waals surface area contributed by atoms with Crippen LogP contribution in [-0.2, 0) is 9.53 Å². The fourth-order valence-electron chi connectivity index (χ4n) is 2.16. The normalized spacial score (nSPS) is 12.5. The number of nitrogens with two attached hydrogens (primary N) is 1. The van der Waals surface area contributed by atoms with Crippen LogP contribution in [0.5, 0.6) is 0 Å². The van der Waals surface area contributed by atoms with Crippen LogP contribution in [0.25, 0.3) is 11.6 Å². The van der Waals surface area contributed by atoms with Crippen molar-refractivity contribution < 1.29 is 9.53 Å². The predicted octanol–water partition coefficient (Wildman–Crippen LogP) is 3.97. The lowest BCUT2D eigenvalue weighted by atomic mass is 10.0. The van der Waals surface area contributed by atoms with Gasteiger partial charge in [-0.2, -0.15) is 0 Å². The molecular formula is C19H22N2O2S. The van der Waals surface area contributed by atoms with E-state index in [1.165, 1.54) is 0 Å². The summed E-state index contributed by atoms with van der Waals surface area (Å²) in [5, 5.41) is 1.97. The van der Waals surface area contributed by atoms with Gasteiger partial charge in [-0.25, -0.2) is 4.79 Å². The van der Waals surface area contributed by atoms with E-state index >= 15 is 0 Å². The van der Waals surface area contributed by atoms with Crippen molar-refractivity contribution in [1.82, 2.24) is 0 Å². The number of ether oxygens (including phenoxy) is 1. The topological polar surface area (TPSA) is 64.7 Å². The number of hydrogen-bond acceptors (Lipinski definition) is 4. The van der Waals surface area contributed by atoms with E-state index in [0.29, 0.717) is 18.0 Å². The molecule has 0 fully saturated rings. The molecule has 126 valence electrons. The van der Waals surface area contributed by atoms with Gasteiger partial charge in [0.25, 0.3) is 0 Å². The predicted molar refractivity (Wildman–Crippen MR) is 101 cm³/mol. The number of thiophene rings is 1. The Morgan fingerprint density at radius 2 is 1.92 bits per heavy atom. The van der Waals surface area contributed by atoms with E-state index in [1.54, 1.807) is 18.3 Å². The Morgan fingerprint density at radius 3 is 2.46 bits per heavy atom. The van der Waals surface area contributed by atoms with Crippen LogP contribution < -0.4 is 5.73 Å². The molecule has 0 atom stereocenters. The van der Waals surface area contributed by atoms with Crippen LogP contribution in [-0.4, -0.2) is 24.5 Å². The van der Waals surface area contributed by atoms with Crippen molar-refractivity contribution in [3.63, 3.8) is 0 Å². The second kappa shape index (κ2) is 8.45. The van der Waals surface area contributed by atoms with E-state index in [-0.39, 0.29) is 12.0 Å². The van der Waals surface area contributed by atoms with Gasteiger partial charge in [-0.3, -0.25) is 4.99 Å². The van der Waals surface area contributed by atoms with Gasteiger partial charge in [0.2, 0.25) is 0 Å². The smallest absolute Gasteiger partial charge is 0.338 e. The second-order valence-corrected chi connectivity index (χ2v) is 6.46. The molecule has 1 aromatic carbocycles. The summed E-state index contributed by atoms with van der Waals surface area (Å²) in [6.07, 6.45) is 1.85. The van der Waals surface area contributed by atoms with E-state index in [4.69, 9.17) is 10.5 Å². The van der Waals surface area contributed by atoms with Crippen LogP contribution in [0.15, 0.2) is 46.8 Å². The molecule has 1 aromatic heterocycles. The van der Waals surface area contributed by atoms with Gasteiger partial charge in [0.1, 0.15) is 5.84 Å². The van der Waals surface area contributed by atoms with Crippen LogP contribution in [0.4, 0.5) is 0 Å². The van der Waals surface area contributed by atoms with Crippen LogP contribution in [0.3, 0.4) is 0 Å². The van der Waals surface area contributed by atoms with E-state index in [1.807, 2.05) is 61.7 Å². The van der Waals surface area contributed by atoms with Gasteiger partial charge >= 0.3 is 5.97 Å². The average molecular weight is 342 g/mol. The Bertz CT molecular complexity index is 729. The zero-order chi connectivity index (χ0) is 17.5. The standard InChI is InChI=1S/C19H22N2O2S/c1-4-23-19(22)17(12-16-6-5-11-24-16)14-7-9-15(10-8-14)18(20)21-13(2)3/h5-13H,4H2,1-3H3,(H2,20,21)/b17-12+. The number of aliphatic imine (C=N–C) groups is 1. The van der Waals surface area contributed by atoms with Crippen molar-refractivity contribution in [2.24, 2.45) is 10.7 Å². The molecule has 2 aromatic rings. The number of amidine groups is 1. The highest BCUT2D eigenvalue weighted by atomic mass is 32.1. The summed E-state index contributed by atoms with van der Waals surface area (Å²) in [7, 11) is 0. The zero-order valence-electron chi connectivity index (χ0n) is 14.2. The van der Waals surface area contributed by atoms with E-state index < -0.39 is 0 Å². The molecule has 0 saturated carbocycles. The third kappa shape index (κ3) is 4.80. The number of carbonyl (C=O) groups is 1. The minimum Gasteiger partial charge on any atom is -0.462 e. The van der Waals surface area contributed by atoms with Crippen molar-refractivity contribution in [1.29, 1.82) is 0 Å². The number of rotatable bonds is 6. The molecule has 2 N–H and O–H groups in total. The molecule has 4 nitrogen and oxygen atoms in total. The zero-order valence-corrected chi connectivity index (χ0v) is 15.0. The van der Waals surface area contributed by atoms with Gasteiger partial charge in [-0.05, 0) is 43.9 Å². The van der Waals surface area contributed by atoms with Gasteiger partial charge in [-0.1, -0.05) is 30.3 Å². The van der Waals surface area contributed by atoms with Gasteiger partial charge < -0.3 is 10.5 Å². The summed E-state index contributed by atoms with van der Waals surface area (Å²) >= 11 is 1.57. The van der Waals surface area contributed by atoms with Crippen LogP contribution >= 0.6 is 11.3 Å². The monoisotopic (exact) mass is 342 g/mol. The van der Waals surface area contributed by atoms with E-state index in [2.05, 4.69) is 4.99 Å². The van der Waals surface area contributed by atoms with Crippen molar-refractivity contribution >= 4 is 34.8 Å². The highest BCUT2D eigenvalue weighted by Gasteiger charge is 2.14. The van der Waals surface area contributed by atoms with Crippen molar-refractivity contribution in [3.8, 4) is 0 Å². The summed E-state index contributed by atoms with van der Waals surface area (Å²) in [6, 6.07) is 11.5. The Hall–Kier alpha value is -2.40. The lowest BCUT2D eigenvalue weighted by molar-refractivity contribution is -0.136. The molecule has 1 heterocycles. The largest absolute Gasteiger partial charge is 0.462 e.